The number of carbonyl (C=O) groups is 3. The van der Waals surface area contributed by atoms with E-state index in [0.29, 0.717) is 27.5 Å². The minimum Gasteiger partial charge on any atom is -0.506 e. The maximum Gasteiger partial charge on any atom is 0.243 e. The first-order valence-corrected chi connectivity index (χ1v) is 11.0. The molecular formula is C26H16ClN3O4. The molecule has 1 aromatic heterocycles. The molecule has 166 valence electrons. The largest absolute Gasteiger partial charge is 0.506 e. The van der Waals surface area contributed by atoms with Crippen LogP contribution in [0.5, 0.6) is 0 Å². The van der Waals surface area contributed by atoms with Gasteiger partial charge in [-0.25, -0.2) is 4.90 Å². The summed E-state index contributed by atoms with van der Waals surface area (Å²) < 4.78 is 0. The average Bonchev–Trinajstić information content (AvgIpc) is 3.45. The lowest BCUT2D eigenvalue weighted by molar-refractivity contribution is -0.122. The zero-order valence-electron chi connectivity index (χ0n) is 17.6. The molecule has 3 aromatic rings. The van der Waals surface area contributed by atoms with E-state index in [1.54, 1.807) is 72.9 Å². The Labute approximate surface area is 199 Å². The van der Waals surface area contributed by atoms with Crippen LogP contribution in [0.15, 0.2) is 83.5 Å². The number of benzene rings is 2. The van der Waals surface area contributed by atoms with Gasteiger partial charge in [0.25, 0.3) is 0 Å². The number of hydrogen-bond acceptors (Lipinski definition) is 6. The van der Waals surface area contributed by atoms with E-state index in [0.717, 1.165) is 4.90 Å². The number of aromatic nitrogens is 1. The zero-order valence-corrected chi connectivity index (χ0v) is 18.3. The minimum absolute atomic E-state index is 0.0336. The van der Waals surface area contributed by atoms with Crippen molar-refractivity contribution in [3.8, 4) is 0 Å². The van der Waals surface area contributed by atoms with Crippen LogP contribution in [0.3, 0.4) is 0 Å². The zero-order chi connectivity index (χ0) is 23.6. The molecule has 0 saturated carbocycles. The number of Topliss-reactive ketones (excluding diaryl/α,β-unsaturated/α-hetero) is 1. The normalized spacial score (nSPS) is 23.4. The maximum atomic E-state index is 13.7. The molecule has 3 atom stereocenters. The van der Waals surface area contributed by atoms with Crippen LogP contribution < -0.4 is 4.90 Å². The first-order chi connectivity index (χ1) is 16.5. The quantitative estimate of drug-likeness (QED) is 0.579. The predicted octanol–water partition coefficient (Wildman–Crippen LogP) is 4.20. The van der Waals surface area contributed by atoms with Gasteiger partial charge in [-0.1, -0.05) is 41.9 Å². The van der Waals surface area contributed by atoms with Crippen LogP contribution in [0.1, 0.15) is 27.7 Å². The van der Waals surface area contributed by atoms with Crippen LogP contribution in [-0.2, 0) is 9.59 Å². The molecule has 34 heavy (non-hydrogen) atoms. The number of amides is 2. The number of carbonyl (C=O) groups excluding carboxylic acids is 3. The summed E-state index contributed by atoms with van der Waals surface area (Å²) in [5, 5.41) is 11.4. The van der Waals surface area contributed by atoms with Crippen LogP contribution in [0.25, 0.3) is 5.76 Å². The molecule has 1 N–H and O–H groups in total. The maximum absolute atomic E-state index is 13.7. The number of hydrogen-bond donors (Lipinski definition) is 1. The third-order valence-electron chi connectivity index (χ3n) is 6.49. The fraction of sp³-hybridized carbons (Fsp3) is 0.115. The predicted molar refractivity (Wildman–Crippen MR) is 126 cm³/mol. The molecule has 1 saturated heterocycles. The molecule has 2 aliphatic heterocycles. The van der Waals surface area contributed by atoms with E-state index in [1.807, 2.05) is 0 Å². The lowest BCUT2D eigenvalue weighted by atomic mass is 9.84. The van der Waals surface area contributed by atoms with Gasteiger partial charge < -0.3 is 5.11 Å². The molecule has 0 unspecified atom stereocenters. The molecular weight excluding hydrogens is 454 g/mol. The number of aliphatic imine (C=N–C) groups is 1. The van der Waals surface area contributed by atoms with E-state index in [-0.39, 0.29) is 17.0 Å². The van der Waals surface area contributed by atoms with Gasteiger partial charge in [-0.15, -0.1) is 0 Å². The Bertz CT molecular complexity index is 1450. The lowest BCUT2D eigenvalue weighted by Crippen LogP contribution is -2.33. The van der Waals surface area contributed by atoms with Crippen molar-refractivity contribution in [3.05, 3.63) is 100 Å². The van der Waals surface area contributed by atoms with Gasteiger partial charge in [0.1, 0.15) is 11.8 Å². The highest BCUT2D eigenvalue weighted by Gasteiger charge is 2.59. The van der Waals surface area contributed by atoms with Crippen molar-refractivity contribution in [1.82, 2.24) is 4.98 Å². The molecule has 0 bridgehead atoms. The molecule has 6 rings (SSSR count). The van der Waals surface area contributed by atoms with E-state index < -0.39 is 35.5 Å². The fourth-order valence-electron chi connectivity index (χ4n) is 4.98. The first-order valence-electron chi connectivity index (χ1n) is 10.7. The van der Waals surface area contributed by atoms with Gasteiger partial charge in [0.15, 0.2) is 5.78 Å². The van der Waals surface area contributed by atoms with Gasteiger partial charge in [-0.2, -0.15) is 0 Å². The molecule has 1 fully saturated rings. The molecule has 2 aromatic carbocycles. The van der Waals surface area contributed by atoms with Gasteiger partial charge in [-0.3, -0.25) is 24.4 Å². The van der Waals surface area contributed by atoms with Crippen molar-refractivity contribution in [3.63, 3.8) is 0 Å². The lowest BCUT2D eigenvalue weighted by Gasteiger charge is -2.18. The van der Waals surface area contributed by atoms with E-state index in [4.69, 9.17) is 11.6 Å². The molecule has 1 aliphatic carbocycles. The number of rotatable bonds is 3. The highest BCUT2D eigenvalue weighted by Crippen LogP contribution is 2.48. The van der Waals surface area contributed by atoms with Crippen LogP contribution in [-0.4, -0.2) is 33.4 Å². The minimum atomic E-state index is -1.02. The Morgan fingerprint density at radius 1 is 0.853 bits per heavy atom. The number of anilines is 1. The molecule has 8 heteroatoms. The summed E-state index contributed by atoms with van der Waals surface area (Å²) in [5.41, 5.74) is 1.70. The molecule has 0 spiro atoms. The Morgan fingerprint density at radius 3 is 2.24 bits per heavy atom. The van der Waals surface area contributed by atoms with E-state index >= 15 is 0 Å². The van der Waals surface area contributed by atoms with Gasteiger partial charge >= 0.3 is 0 Å². The van der Waals surface area contributed by atoms with E-state index in [2.05, 4.69) is 9.98 Å². The van der Waals surface area contributed by atoms with Crippen molar-refractivity contribution < 1.29 is 19.5 Å². The summed E-state index contributed by atoms with van der Waals surface area (Å²) in [6.07, 6.45) is 1.59. The Hall–Kier alpha value is -4.10. The Morgan fingerprint density at radius 2 is 1.56 bits per heavy atom. The topological polar surface area (TPSA) is 99.9 Å². The van der Waals surface area contributed by atoms with Gasteiger partial charge in [0.05, 0.1) is 34.5 Å². The fourth-order valence-corrected chi connectivity index (χ4v) is 5.10. The second-order valence-corrected chi connectivity index (χ2v) is 8.74. The average molecular weight is 470 g/mol. The SMILES string of the molecule is O=C1C(C2=N[C@H](c3ccccn3)[C@H]3C(=O)N(c4ccc(Cl)cc4)C(=O)[C@@H]23)=C(O)c2ccccc21. The van der Waals surface area contributed by atoms with Crippen LogP contribution in [0.4, 0.5) is 5.69 Å². The van der Waals surface area contributed by atoms with Gasteiger partial charge in [-0.05, 0) is 36.4 Å². The second-order valence-electron chi connectivity index (χ2n) is 8.30. The number of pyridine rings is 1. The van der Waals surface area contributed by atoms with Crippen molar-refractivity contribution in [1.29, 1.82) is 0 Å². The number of aliphatic hydroxyl groups is 1. The van der Waals surface area contributed by atoms with Crippen LogP contribution in [0.2, 0.25) is 5.02 Å². The highest BCUT2D eigenvalue weighted by molar-refractivity contribution is 6.42. The Kier molecular flexibility index (Phi) is 4.50. The number of allylic oxidation sites excluding steroid dienone is 1. The first kappa shape index (κ1) is 20.5. The van der Waals surface area contributed by atoms with Gasteiger partial charge in [0.2, 0.25) is 11.8 Å². The van der Waals surface area contributed by atoms with Crippen molar-refractivity contribution in [2.75, 3.05) is 4.90 Å². The third-order valence-corrected chi connectivity index (χ3v) is 6.74. The summed E-state index contributed by atoms with van der Waals surface area (Å²) in [6, 6.07) is 17.5. The Balaban J connectivity index is 1.51. The van der Waals surface area contributed by atoms with Gasteiger partial charge in [0, 0.05) is 22.3 Å². The summed E-state index contributed by atoms with van der Waals surface area (Å²) in [6.45, 7) is 0. The number of nitrogens with zero attached hydrogens (tertiary/aromatic N) is 3. The number of fused-ring (bicyclic) bond motifs is 2. The van der Waals surface area contributed by atoms with Crippen molar-refractivity contribution in [2.45, 2.75) is 6.04 Å². The molecule has 3 aliphatic rings. The highest BCUT2D eigenvalue weighted by atomic mass is 35.5. The van der Waals surface area contributed by atoms with E-state index in [1.165, 1.54) is 0 Å². The number of aliphatic hydroxyl groups excluding tert-OH is 1. The van der Waals surface area contributed by atoms with Crippen LogP contribution in [0, 0.1) is 11.8 Å². The smallest absolute Gasteiger partial charge is 0.243 e. The standard InChI is InChI=1S/C26H16ClN3O4/c27-13-8-10-14(11-9-13)30-25(33)18-19(26(30)34)22(29-21(18)17-7-3-4-12-28-17)20-23(31)15-5-1-2-6-16(15)24(20)32/h1-12,18-19,21,31H/t18-,19+,21+/m0/s1. The molecule has 2 amide bonds. The van der Waals surface area contributed by atoms with Crippen molar-refractivity contribution in [2.24, 2.45) is 16.8 Å². The molecule has 3 heterocycles. The number of ketones is 1. The number of halogens is 1. The van der Waals surface area contributed by atoms with Crippen molar-refractivity contribution >= 4 is 46.4 Å². The summed E-state index contributed by atoms with van der Waals surface area (Å²) in [5.74, 6) is -3.49. The van der Waals surface area contributed by atoms with Crippen LogP contribution >= 0.6 is 11.6 Å². The second kappa shape index (κ2) is 7.46. The summed E-state index contributed by atoms with van der Waals surface area (Å²) >= 11 is 5.99. The number of imide groups is 1. The molecule has 0 radical (unpaired) electrons. The van der Waals surface area contributed by atoms with E-state index in [9.17, 15) is 19.5 Å². The summed E-state index contributed by atoms with van der Waals surface area (Å²) in [4.78, 5) is 50.7. The monoisotopic (exact) mass is 469 g/mol. The third kappa shape index (κ3) is 2.80. The molecule has 7 nitrogen and oxygen atoms in total. The summed E-state index contributed by atoms with van der Waals surface area (Å²) in [7, 11) is 0.